The quantitative estimate of drug-likeness (QED) is 0.599. The van der Waals surface area contributed by atoms with Crippen LogP contribution in [0, 0.1) is 0 Å². The molecule has 3 rings (SSSR count). The van der Waals surface area contributed by atoms with E-state index in [0.717, 1.165) is 13.0 Å². The van der Waals surface area contributed by atoms with Gasteiger partial charge in [0, 0.05) is 37.9 Å². The number of benzene rings is 1. The Morgan fingerprint density at radius 3 is 2.71 bits per heavy atom. The summed E-state index contributed by atoms with van der Waals surface area (Å²) in [7, 11) is -3.64. The van der Waals surface area contributed by atoms with Crippen molar-refractivity contribution >= 4 is 40.7 Å². The second kappa shape index (κ2) is 11.3. The third-order valence-corrected chi connectivity index (χ3v) is 5.75. The summed E-state index contributed by atoms with van der Waals surface area (Å²) in [4.78, 5) is 15.9. The maximum atomic E-state index is 12.1. The first-order valence-electron chi connectivity index (χ1n) is 8.54. The topological polar surface area (TPSA) is 100 Å². The van der Waals surface area contributed by atoms with E-state index in [-0.39, 0.29) is 54.6 Å². The van der Waals surface area contributed by atoms with Crippen LogP contribution in [-0.2, 0) is 21.2 Å². The van der Waals surface area contributed by atoms with Gasteiger partial charge in [0.25, 0.3) is 0 Å². The molecule has 0 fully saturated rings. The summed E-state index contributed by atoms with van der Waals surface area (Å²) in [6.45, 7) is 1.39. The van der Waals surface area contributed by atoms with E-state index < -0.39 is 10.0 Å². The van der Waals surface area contributed by atoms with Gasteiger partial charge in [-0.1, -0.05) is 24.3 Å². The van der Waals surface area contributed by atoms with Gasteiger partial charge >= 0.3 is 0 Å². The highest BCUT2D eigenvalue weighted by molar-refractivity contribution is 7.89. The molecule has 7 nitrogen and oxygen atoms in total. The first-order chi connectivity index (χ1) is 12.6. The van der Waals surface area contributed by atoms with E-state index in [2.05, 4.69) is 32.5 Å². The number of nitrogens with zero attached hydrogens (tertiary/aromatic N) is 1. The van der Waals surface area contributed by atoms with Gasteiger partial charge in [-0.25, -0.2) is 13.1 Å². The number of halogens is 2. The number of carbonyl (C=O) groups excluding carboxylic acids is 1. The number of fused-ring (bicyclic) bond motifs is 1. The van der Waals surface area contributed by atoms with Crippen LogP contribution in [0.15, 0.2) is 53.7 Å². The summed E-state index contributed by atoms with van der Waals surface area (Å²) in [5, 5.41) is 6.27. The maximum absolute atomic E-state index is 12.1. The molecule has 3 N–H and O–H groups in total. The van der Waals surface area contributed by atoms with Crippen LogP contribution < -0.4 is 15.4 Å². The normalized spacial score (nSPS) is 15.5. The third-order valence-electron chi connectivity index (χ3n) is 4.31. The zero-order valence-electron chi connectivity index (χ0n) is 15.1. The Balaban J connectivity index is 0.00000196. The zero-order valence-corrected chi connectivity index (χ0v) is 17.6. The smallest absolute Gasteiger partial charge is 0.242 e. The molecule has 1 aromatic heterocycles. The number of sulfonamides is 1. The lowest BCUT2D eigenvalue weighted by Crippen LogP contribution is -2.39. The SMILES string of the molecule is Cl.Cl.O=C(CCNS(=O)(=O)c1cccnc1)NCC1NCCc2ccccc21. The summed E-state index contributed by atoms with van der Waals surface area (Å²) < 4.78 is 26.5. The van der Waals surface area contributed by atoms with E-state index in [0.29, 0.717) is 6.54 Å². The van der Waals surface area contributed by atoms with Crippen molar-refractivity contribution in [3.05, 3.63) is 59.9 Å². The molecule has 1 amide bonds. The van der Waals surface area contributed by atoms with E-state index in [1.807, 2.05) is 12.1 Å². The summed E-state index contributed by atoms with van der Waals surface area (Å²) in [5.41, 5.74) is 2.51. The molecule has 28 heavy (non-hydrogen) atoms. The molecule has 1 aliphatic rings. The standard InChI is InChI=1S/C18H22N4O3S.2ClH/c23-18(8-11-22-26(24,25)15-5-3-9-19-12-15)21-13-17-16-6-2-1-4-14(16)7-10-20-17;;/h1-6,9,12,17,20,22H,7-8,10-11,13H2,(H,21,23);2*1H. The van der Waals surface area contributed by atoms with Gasteiger partial charge in [-0.3, -0.25) is 9.78 Å². The first kappa shape index (κ1) is 24.3. The number of carbonyl (C=O) groups is 1. The number of amides is 1. The molecule has 1 aliphatic heterocycles. The number of pyridine rings is 1. The van der Waals surface area contributed by atoms with E-state index in [1.54, 1.807) is 6.07 Å². The third kappa shape index (κ3) is 6.42. The number of hydrogen-bond acceptors (Lipinski definition) is 5. The lowest BCUT2D eigenvalue weighted by atomic mass is 9.94. The van der Waals surface area contributed by atoms with Crippen molar-refractivity contribution in [2.24, 2.45) is 0 Å². The number of aromatic nitrogens is 1. The predicted octanol–water partition coefficient (Wildman–Crippen LogP) is 1.60. The van der Waals surface area contributed by atoms with Gasteiger partial charge in [0.15, 0.2) is 0 Å². The molecule has 0 bridgehead atoms. The Morgan fingerprint density at radius 1 is 1.18 bits per heavy atom. The maximum Gasteiger partial charge on any atom is 0.242 e. The molecule has 0 aliphatic carbocycles. The van der Waals surface area contributed by atoms with Crippen molar-refractivity contribution in [2.75, 3.05) is 19.6 Å². The van der Waals surface area contributed by atoms with Crippen LogP contribution in [0.5, 0.6) is 0 Å². The average molecular weight is 447 g/mol. The highest BCUT2D eigenvalue weighted by Crippen LogP contribution is 2.21. The summed E-state index contributed by atoms with van der Waals surface area (Å²) in [6, 6.07) is 11.3. The van der Waals surface area contributed by atoms with Gasteiger partial charge in [0.1, 0.15) is 4.90 Å². The minimum absolute atomic E-state index is 0. The Kier molecular flexibility index (Phi) is 9.84. The van der Waals surface area contributed by atoms with Crippen molar-refractivity contribution in [1.82, 2.24) is 20.3 Å². The fraction of sp³-hybridized carbons (Fsp3) is 0.333. The highest BCUT2D eigenvalue weighted by Gasteiger charge is 2.19. The van der Waals surface area contributed by atoms with Crippen molar-refractivity contribution < 1.29 is 13.2 Å². The number of rotatable bonds is 7. The van der Waals surface area contributed by atoms with Gasteiger partial charge in [-0.15, -0.1) is 24.8 Å². The fourth-order valence-corrected chi connectivity index (χ4v) is 3.96. The van der Waals surface area contributed by atoms with Gasteiger partial charge in [0.2, 0.25) is 15.9 Å². The van der Waals surface area contributed by atoms with E-state index in [9.17, 15) is 13.2 Å². The van der Waals surface area contributed by atoms with Crippen molar-refractivity contribution in [1.29, 1.82) is 0 Å². The lowest BCUT2D eigenvalue weighted by Gasteiger charge is -2.27. The van der Waals surface area contributed by atoms with Crippen molar-refractivity contribution in [3.8, 4) is 0 Å². The minimum atomic E-state index is -3.64. The van der Waals surface area contributed by atoms with Gasteiger partial charge in [-0.05, 0) is 36.2 Å². The van der Waals surface area contributed by atoms with Crippen LogP contribution in [0.4, 0.5) is 0 Å². The Labute approximate surface area is 177 Å². The van der Waals surface area contributed by atoms with E-state index in [4.69, 9.17) is 0 Å². The molecular weight excluding hydrogens is 423 g/mol. The second-order valence-electron chi connectivity index (χ2n) is 6.10. The molecule has 1 aromatic carbocycles. The van der Waals surface area contributed by atoms with Crippen molar-refractivity contribution in [2.45, 2.75) is 23.8 Å². The van der Waals surface area contributed by atoms with Crippen molar-refractivity contribution in [3.63, 3.8) is 0 Å². The molecule has 0 radical (unpaired) electrons. The number of nitrogens with one attached hydrogen (secondary N) is 3. The molecule has 0 spiro atoms. The number of hydrogen-bond donors (Lipinski definition) is 3. The lowest BCUT2D eigenvalue weighted by molar-refractivity contribution is -0.121. The molecule has 2 aromatic rings. The fourth-order valence-electron chi connectivity index (χ4n) is 2.97. The molecule has 1 unspecified atom stereocenters. The molecular formula is C18H24Cl2N4O3S. The molecule has 0 saturated carbocycles. The van der Waals surface area contributed by atoms with Gasteiger partial charge in [-0.2, -0.15) is 0 Å². The Bertz CT molecular complexity index is 866. The minimum Gasteiger partial charge on any atom is -0.354 e. The molecule has 154 valence electrons. The Morgan fingerprint density at radius 2 is 1.96 bits per heavy atom. The largest absolute Gasteiger partial charge is 0.354 e. The molecule has 1 atom stereocenters. The second-order valence-corrected chi connectivity index (χ2v) is 7.86. The molecule has 2 heterocycles. The zero-order chi connectivity index (χ0) is 18.4. The van der Waals surface area contributed by atoms with Gasteiger partial charge in [0.05, 0.1) is 0 Å². The summed E-state index contributed by atoms with van der Waals surface area (Å²) >= 11 is 0. The van der Waals surface area contributed by atoms with Crippen LogP contribution in [0.3, 0.4) is 0 Å². The van der Waals surface area contributed by atoms with Crippen LogP contribution in [0.2, 0.25) is 0 Å². The molecule has 10 heteroatoms. The van der Waals surface area contributed by atoms with Gasteiger partial charge < -0.3 is 10.6 Å². The first-order valence-corrected chi connectivity index (χ1v) is 10.0. The predicted molar refractivity (Wildman–Crippen MR) is 112 cm³/mol. The Hall–Kier alpha value is -1.71. The van der Waals surface area contributed by atoms with Crippen LogP contribution >= 0.6 is 24.8 Å². The van der Waals surface area contributed by atoms with E-state index >= 15 is 0 Å². The average Bonchev–Trinajstić information content (AvgIpc) is 2.67. The van der Waals surface area contributed by atoms with Crippen LogP contribution in [0.1, 0.15) is 23.6 Å². The highest BCUT2D eigenvalue weighted by atomic mass is 35.5. The monoisotopic (exact) mass is 446 g/mol. The van der Waals surface area contributed by atoms with E-state index in [1.165, 1.54) is 29.6 Å². The molecule has 0 saturated heterocycles. The van der Waals surface area contributed by atoms with Crippen LogP contribution in [-0.4, -0.2) is 38.9 Å². The summed E-state index contributed by atoms with van der Waals surface area (Å²) in [5.74, 6) is -0.191. The van der Waals surface area contributed by atoms with Crippen LogP contribution in [0.25, 0.3) is 0 Å². The summed E-state index contributed by atoms with van der Waals surface area (Å²) in [6.07, 6.45) is 3.84.